The number of benzene rings is 1. The van der Waals surface area contributed by atoms with Gasteiger partial charge < -0.3 is 9.47 Å². The van der Waals surface area contributed by atoms with Crippen molar-refractivity contribution >= 4 is 5.97 Å². The summed E-state index contributed by atoms with van der Waals surface area (Å²) >= 11 is 0. The van der Waals surface area contributed by atoms with Crippen molar-refractivity contribution in [2.45, 2.75) is 53.4 Å². The quantitative estimate of drug-likeness (QED) is 0.258. The molecule has 0 heterocycles. The minimum atomic E-state index is -0.426. The Morgan fingerprint density at radius 1 is 0.964 bits per heavy atom. The van der Waals surface area contributed by atoms with E-state index in [1.54, 1.807) is 24.3 Å². The van der Waals surface area contributed by atoms with Gasteiger partial charge in [0, 0.05) is 0 Å². The predicted molar refractivity (Wildman–Crippen MR) is 116 cm³/mol. The molecule has 0 aromatic heterocycles. The molecule has 0 saturated carbocycles. The van der Waals surface area contributed by atoms with Crippen molar-refractivity contribution < 1.29 is 14.3 Å². The zero-order valence-electron chi connectivity index (χ0n) is 17.6. The Balaban J connectivity index is 2.35. The van der Waals surface area contributed by atoms with Crippen molar-refractivity contribution in [2.75, 3.05) is 13.2 Å². The van der Waals surface area contributed by atoms with Crippen molar-refractivity contribution in [2.24, 2.45) is 0 Å². The number of rotatable bonds is 11. The van der Waals surface area contributed by atoms with Crippen LogP contribution in [0.4, 0.5) is 0 Å². The van der Waals surface area contributed by atoms with E-state index in [-0.39, 0.29) is 6.61 Å². The molecule has 3 heteroatoms. The van der Waals surface area contributed by atoms with E-state index in [9.17, 15) is 4.79 Å². The van der Waals surface area contributed by atoms with Gasteiger partial charge in [-0.25, -0.2) is 4.79 Å². The van der Waals surface area contributed by atoms with E-state index in [2.05, 4.69) is 51.8 Å². The van der Waals surface area contributed by atoms with E-state index in [0.29, 0.717) is 17.9 Å². The molecular formula is C25H32O3. The molecule has 0 aliphatic rings. The zero-order chi connectivity index (χ0) is 20.8. The van der Waals surface area contributed by atoms with Gasteiger partial charge in [-0.15, -0.1) is 6.42 Å². The van der Waals surface area contributed by atoms with E-state index in [0.717, 1.165) is 25.7 Å². The zero-order valence-corrected chi connectivity index (χ0v) is 17.6. The summed E-state index contributed by atoms with van der Waals surface area (Å²) < 4.78 is 10.6. The van der Waals surface area contributed by atoms with Crippen LogP contribution in [0.25, 0.3) is 0 Å². The summed E-state index contributed by atoms with van der Waals surface area (Å²) in [6.07, 6.45) is 16.1. The van der Waals surface area contributed by atoms with Crippen LogP contribution in [0.1, 0.15) is 63.7 Å². The van der Waals surface area contributed by atoms with Crippen LogP contribution in [-0.4, -0.2) is 19.2 Å². The number of esters is 1. The molecule has 0 fully saturated rings. The van der Waals surface area contributed by atoms with Crippen molar-refractivity contribution in [3.05, 3.63) is 64.8 Å². The number of terminal acetylenes is 1. The van der Waals surface area contributed by atoms with E-state index in [1.807, 2.05) is 0 Å². The molecule has 1 rings (SSSR count). The summed E-state index contributed by atoms with van der Waals surface area (Å²) in [5.41, 5.74) is 4.59. The van der Waals surface area contributed by atoms with Crippen LogP contribution in [0.5, 0.6) is 5.75 Å². The van der Waals surface area contributed by atoms with Crippen LogP contribution in [0.3, 0.4) is 0 Å². The molecule has 0 aliphatic carbocycles. The molecule has 0 aliphatic heterocycles. The highest BCUT2D eigenvalue weighted by Crippen LogP contribution is 2.14. The fourth-order valence-electron chi connectivity index (χ4n) is 2.50. The maximum Gasteiger partial charge on any atom is 0.339 e. The van der Waals surface area contributed by atoms with Crippen LogP contribution < -0.4 is 4.74 Å². The molecule has 3 nitrogen and oxygen atoms in total. The lowest BCUT2D eigenvalue weighted by Gasteiger charge is -2.06. The van der Waals surface area contributed by atoms with Crippen LogP contribution in [0.2, 0.25) is 0 Å². The first-order chi connectivity index (χ1) is 13.4. The molecular weight excluding hydrogens is 348 g/mol. The summed E-state index contributed by atoms with van der Waals surface area (Å²) in [6.45, 7) is 9.09. The predicted octanol–water partition coefficient (Wildman–Crippen LogP) is 6.27. The average molecular weight is 381 g/mol. The van der Waals surface area contributed by atoms with Gasteiger partial charge in [-0.1, -0.05) is 34.8 Å². The minimum absolute atomic E-state index is 0.0225. The number of carbonyl (C=O) groups is 1. The third kappa shape index (κ3) is 10.4. The fourth-order valence-corrected chi connectivity index (χ4v) is 2.50. The Kier molecular flexibility index (Phi) is 11.2. The monoisotopic (exact) mass is 380 g/mol. The number of ether oxygens (including phenoxy) is 2. The van der Waals surface area contributed by atoms with Crippen LogP contribution in [-0.2, 0) is 4.74 Å². The van der Waals surface area contributed by atoms with Gasteiger partial charge in [-0.2, -0.15) is 0 Å². The number of hydrogen-bond donors (Lipinski definition) is 0. The Bertz CT molecular complexity index is 739. The topological polar surface area (TPSA) is 35.5 Å². The third-order valence-corrected chi connectivity index (χ3v) is 4.18. The highest BCUT2D eigenvalue weighted by molar-refractivity contribution is 5.89. The molecule has 0 spiro atoms. The normalized spacial score (nSPS) is 11.5. The van der Waals surface area contributed by atoms with Gasteiger partial charge in [0.15, 0.2) is 6.61 Å². The smallest absolute Gasteiger partial charge is 0.339 e. The Morgan fingerprint density at radius 3 is 2.18 bits per heavy atom. The van der Waals surface area contributed by atoms with E-state index < -0.39 is 5.97 Å². The number of hydrogen-bond acceptors (Lipinski definition) is 3. The SMILES string of the molecule is C#CCOC(=O)c1ccc(OC/C=C(\C)CC/C=C(\C)CCC=C(C)C)cc1. The maximum absolute atomic E-state index is 11.7. The number of carbonyl (C=O) groups excluding carboxylic acids is 1. The molecule has 0 radical (unpaired) electrons. The molecule has 150 valence electrons. The molecule has 28 heavy (non-hydrogen) atoms. The fraction of sp³-hybridized carbons (Fsp3) is 0.400. The molecule has 1 aromatic carbocycles. The molecule has 0 N–H and O–H groups in total. The van der Waals surface area contributed by atoms with Crippen LogP contribution in [0, 0.1) is 12.3 Å². The molecule has 0 amide bonds. The second-order valence-corrected chi connectivity index (χ2v) is 7.08. The van der Waals surface area contributed by atoms with E-state index in [4.69, 9.17) is 15.9 Å². The minimum Gasteiger partial charge on any atom is -0.490 e. The van der Waals surface area contributed by atoms with Crippen molar-refractivity contribution in [1.82, 2.24) is 0 Å². The van der Waals surface area contributed by atoms with Crippen molar-refractivity contribution in [1.29, 1.82) is 0 Å². The lowest BCUT2D eigenvalue weighted by atomic mass is 10.1. The van der Waals surface area contributed by atoms with Gasteiger partial charge >= 0.3 is 5.97 Å². The average Bonchev–Trinajstić information content (AvgIpc) is 2.66. The van der Waals surface area contributed by atoms with E-state index >= 15 is 0 Å². The van der Waals surface area contributed by atoms with Gasteiger partial charge in [0.2, 0.25) is 0 Å². The van der Waals surface area contributed by atoms with Gasteiger partial charge in [0.25, 0.3) is 0 Å². The van der Waals surface area contributed by atoms with Gasteiger partial charge in [0.1, 0.15) is 12.4 Å². The Morgan fingerprint density at radius 2 is 1.57 bits per heavy atom. The lowest BCUT2D eigenvalue weighted by Crippen LogP contribution is -2.05. The third-order valence-electron chi connectivity index (χ3n) is 4.18. The summed E-state index contributed by atoms with van der Waals surface area (Å²) in [5, 5.41) is 0. The first kappa shape index (κ1) is 23.3. The van der Waals surface area contributed by atoms with Crippen molar-refractivity contribution in [3.8, 4) is 18.1 Å². The second-order valence-electron chi connectivity index (χ2n) is 7.08. The molecule has 0 atom stereocenters. The highest BCUT2D eigenvalue weighted by Gasteiger charge is 2.06. The van der Waals surface area contributed by atoms with E-state index in [1.165, 1.54) is 16.7 Å². The molecule has 0 saturated heterocycles. The molecule has 0 unspecified atom stereocenters. The van der Waals surface area contributed by atoms with Crippen LogP contribution in [0.15, 0.2) is 59.2 Å². The van der Waals surface area contributed by atoms with Crippen molar-refractivity contribution in [3.63, 3.8) is 0 Å². The Hall–Kier alpha value is -2.73. The summed E-state index contributed by atoms with van der Waals surface area (Å²) in [5.74, 6) is 2.56. The summed E-state index contributed by atoms with van der Waals surface area (Å²) in [7, 11) is 0. The summed E-state index contributed by atoms with van der Waals surface area (Å²) in [6, 6.07) is 6.86. The molecule has 1 aromatic rings. The molecule has 0 bridgehead atoms. The summed E-state index contributed by atoms with van der Waals surface area (Å²) in [4.78, 5) is 11.7. The standard InChI is InChI=1S/C25H32O3/c1-6-18-28-25(26)23-13-15-24(16-14-23)27-19-17-22(5)12-8-11-21(4)10-7-9-20(2)3/h1,9,11,13-17H,7-8,10,12,18-19H2,2-5H3/b21-11+,22-17+. The Labute approximate surface area is 170 Å². The van der Waals surface area contributed by atoms with Gasteiger partial charge in [-0.3, -0.25) is 0 Å². The van der Waals surface area contributed by atoms with Gasteiger partial charge in [0.05, 0.1) is 5.56 Å². The number of allylic oxidation sites excluding steroid dienone is 5. The lowest BCUT2D eigenvalue weighted by molar-refractivity contribution is 0.0556. The van der Waals surface area contributed by atoms with Gasteiger partial charge in [-0.05, 0) is 83.7 Å². The highest BCUT2D eigenvalue weighted by atomic mass is 16.5. The first-order valence-corrected chi connectivity index (χ1v) is 9.70. The maximum atomic E-state index is 11.7. The largest absolute Gasteiger partial charge is 0.490 e. The first-order valence-electron chi connectivity index (χ1n) is 9.70. The van der Waals surface area contributed by atoms with Crippen LogP contribution >= 0.6 is 0 Å². The second kappa shape index (κ2) is 13.4.